The van der Waals surface area contributed by atoms with E-state index in [0.717, 1.165) is 43.5 Å². The Morgan fingerprint density at radius 2 is 1.82 bits per heavy atom. The van der Waals surface area contributed by atoms with E-state index >= 15 is 0 Å². The molecular formula is C25H21N5O2S. The zero-order chi connectivity index (χ0) is 22.9. The fraction of sp³-hybridized carbons (Fsp3) is 0.120. The van der Waals surface area contributed by atoms with Crippen molar-refractivity contribution in [2.45, 2.75) is 13.8 Å². The second-order valence-corrected chi connectivity index (χ2v) is 8.75. The minimum Gasteiger partial charge on any atom is -0.497 e. The molecule has 0 radical (unpaired) electrons. The predicted molar refractivity (Wildman–Crippen MR) is 132 cm³/mol. The fourth-order valence-electron chi connectivity index (χ4n) is 3.60. The van der Waals surface area contributed by atoms with Crippen molar-refractivity contribution in [2.24, 2.45) is 5.10 Å². The highest BCUT2D eigenvalue weighted by Gasteiger charge is 2.14. The lowest BCUT2D eigenvalue weighted by atomic mass is 10.1. The van der Waals surface area contributed by atoms with E-state index in [4.69, 9.17) is 9.84 Å². The summed E-state index contributed by atoms with van der Waals surface area (Å²) < 4.78 is 8.36. The number of thiophene rings is 1. The van der Waals surface area contributed by atoms with Gasteiger partial charge < -0.3 is 4.74 Å². The first-order valence-corrected chi connectivity index (χ1v) is 11.2. The van der Waals surface area contributed by atoms with Crippen LogP contribution in [0.3, 0.4) is 0 Å². The number of methoxy groups -OCH3 is 1. The first kappa shape index (κ1) is 20.8. The zero-order valence-corrected chi connectivity index (χ0v) is 19.2. The van der Waals surface area contributed by atoms with Gasteiger partial charge in [-0.25, -0.2) is 9.67 Å². The van der Waals surface area contributed by atoms with Gasteiger partial charge >= 0.3 is 0 Å². The second kappa shape index (κ2) is 8.48. The number of aryl methyl sites for hydroxylation is 2. The Kier molecular flexibility index (Phi) is 5.35. The molecule has 0 atom stereocenters. The van der Waals surface area contributed by atoms with Gasteiger partial charge in [-0.15, -0.1) is 11.3 Å². The third-order valence-corrected chi connectivity index (χ3v) is 6.64. The SMILES string of the molecule is COc1ccc(-c2nn(-c3ccccc3)cc2/C=N/n2cnc3sc(C)c(C)c3c2=O)cc1. The van der Waals surface area contributed by atoms with Crippen LogP contribution < -0.4 is 10.3 Å². The number of aromatic nitrogens is 4. The van der Waals surface area contributed by atoms with Gasteiger partial charge in [-0.3, -0.25) is 4.79 Å². The van der Waals surface area contributed by atoms with Gasteiger partial charge in [0.1, 0.15) is 22.6 Å². The molecule has 164 valence electrons. The van der Waals surface area contributed by atoms with Crippen molar-refractivity contribution in [1.29, 1.82) is 0 Å². The van der Waals surface area contributed by atoms with Crippen LogP contribution in [-0.4, -0.2) is 32.8 Å². The average Bonchev–Trinajstić information content (AvgIpc) is 3.40. The molecule has 0 unspecified atom stereocenters. The number of rotatable bonds is 5. The summed E-state index contributed by atoms with van der Waals surface area (Å²) in [5.74, 6) is 0.767. The molecule has 0 saturated carbocycles. The van der Waals surface area contributed by atoms with Crippen molar-refractivity contribution >= 4 is 27.8 Å². The van der Waals surface area contributed by atoms with Crippen LogP contribution in [-0.2, 0) is 0 Å². The minimum atomic E-state index is -0.181. The van der Waals surface area contributed by atoms with E-state index in [1.54, 1.807) is 18.0 Å². The normalized spacial score (nSPS) is 11.5. The smallest absolute Gasteiger partial charge is 0.282 e. The molecule has 33 heavy (non-hydrogen) atoms. The number of nitrogens with zero attached hydrogens (tertiary/aromatic N) is 5. The summed E-state index contributed by atoms with van der Waals surface area (Å²) in [6.07, 6.45) is 5.01. The number of ether oxygens (including phenoxy) is 1. The second-order valence-electron chi connectivity index (χ2n) is 7.54. The standard InChI is InChI=1S/C25H21N5O2S/c1-16-17(2)33-24-22(16)25(31)30(15-26-24)27-13-19-14-29(20-7-5-4-6-8-20)28-23(19)18-9-11-21(32-3)12-10-18/h4-15H,1-3H3/b27-13+. The maximum atomic E-state index is 13.0. The van der Waals surface area contributed by atoms with Crippen LogP contribution in [0.1, 0.15) is 16.0 Å². The average molecular weight is 456 g/mol. The molecule has 0 aliphatic carbocycles. The lowest BCUT2D eigenvalue weighted by molar-refractivity contribution is 0.415. The highest BCUT2D eigenvalue weighted by atomic mass is 32.1. The van der Waals surface area contributed by atoms with Gasteiger partial charge in [-0.05, 0) is 55.8 Å². The number of hydrogen-bond donors (Lipinski definition) is 0. The van der Waals surface area contributed by atoms with Gasteiger partial charge in [0, 0.05) is 22.2 Å². The molecular weight excluding hydrogens is 434 g/mol. The Balaban J connectivity index is 1.61. The largest absolute Gasteiger partial charge is 0.497 e. The Morgan fingerprint density at radius 3 is 2.55 bits per heavy atom. The third-order valence-electron chi connectivity index (χ3n) is 5.52. The number of benzene rings is 2. The summed E-state index contributed by atoms with van der Waals surface area (Å²) >= 11 is 1.52. The summed E-state index contributed by atoms with van der Waals surface area (Å²) in [6, 6.07) is 17.5. The lowest BCUT2D eigenvalue weighted by Gasteiger charge is -2.03. The van der Waals surface area contributed by atoms with E-state index in [1.807, 2.05) is 74.6 Å². The first-order chi connectivity index (χ1) is 16.0. The Bertz CT molecular complexity index is 1530. The van der Waals surface area contributed by atoms with Crippen molar-refractivity contribution in [3.8, 4) is 22.7 Å². The molecule has 0 aliphatic heterocycles. The molecule has 8 heteroatoms. The van der Waals surface area contributed by atoms with E-state index in [1.165, 1.54) is 22.3 Å². The van der Waals surface area contributed by atoms with Gasteiger partial charge in [0.15, 0.2) is 0 Å². The molecule has 0 spiro atoms. The van der Waals surface area contributed by atoms with Crippen molar-refractivity contribution in [3.63, 3.8) is 0 Å². The molecule has 0 aliphatic rings. The van der Waals surface area contributed by atoms with Crippen LogP contribution in [0.15, 0.2) is 77.0 Å². The molecule has 3 heterocycles. The molecule has 2 aromatic carbocycles. The summed E-state index contributed by atoms with van der Waals surface area (Å²) in [4.78, 5) is 19.3. The quantitative estimate of drug-likeness (QED) is 0.356. The van der Waals surface area contributed by atoms with Gasteiger partial charge in [0.2, 0.25) is 0 Å². The van der Waals surface area contributed by atoms with Crippen molar-refractivity contribution in [1.82, 2.24) is 19.4 Å². The van der Waals surface area contributed by atoms with Crippen molar-refractivity contribution in [3.05, 3.63) is 93.5 Å². The molecule has 0 bridgehead atoms. The van der Waals surface area contributed by atoms with Gasteiger partial charge in [-0.1, -0.05) is 18.2 Å². The minimum absolute atomic E-state index is 0.181. The summed E-state index contributed by atoms with van der Waals surface area (Å²) in [6.45, 7) is 3.94. The highest BCUT2D eigenvalue weighted by molar-refractivity contribution is 7.18. The maximum Gasteiger partial charge on any atom is 0.282 e. The maximum absolute atomic E-state index is 13.0. The topological polar surface area (TPSA) is 74.3 Å². The molecule has 0 fully saturated rings. The Morgan fingerprint density at radius 1 is 1.06 bits per heavy atom. The van der Waals surface area contributed by atoms with Crippen LogP contribution in [0.4, 0.5) is 0 Å². The Labute approximate surface area is 194 Å². The first-order valence-electron chi connectivity index (χ1n) is 10.4. The van der Waals surface area contributed by atoms with Crippen molar-refractivity contribution in [2.75, 3.05) is 7.11 Å². The van der Waals surface area contributed by atoms with Crippen LogP contribution in [0.5, 0.6) is 5.75 Å². The molecule has 0 N–H and O–H groups in total. The van der Waals surface area contributed by atoms with Crippen LogP contribution in [0.25, 0.3) is 27.2 Å². The number of hydrogen-bond acceptors (Lipinski definition) is 6. The van der Waals surface area contributed by atoms with E-state index in [2.05, 4.69) is 10.1 Å². The third kappa shape index (κ3) is 3.85. The van der Waals surface area contributed by atoms with Crippen molar-refractivity contribution < 1.29 is 4.74 Å². The zero-order valence-electron chi connectivity index (χ0n) is 18.4. The monoisotopic (exact) mass is 455 g/mol. The van der Waals surface area contributed by atoms with Gasteiger partial charge in [0.05, 0.1) is 24.4 Å². The Hall–Kier alpha value is -4.04. The van der Waals surface area contributed by atoms with E-state index in [9.17, 15) is 4.79 Å². The molecule has 5 rings (SSSR count). The fourth-order valence-corrected chi connectivity index (χ4v) is 4.59. The van der Waals surface area contributed by atoms with E-state index in [-0.39, 0.29) is 5.56 Å². The molecule has 5 aromatic rings. The molecule has 0 amide bonds. The summed E-state index contributed by atoms with van der Waals surface area (Å²) in [7, 11) is 1.64. The van der Waals surface area contributed by atoms with Crippen LogP contribution in [0.2, 0.25) is 0 Å². The molecule has 7 nitrogen and oxygen atoms in total. The highest BCUT2D eigenvalue weighted by Crippen LogP contribution is 2.26. The number of para-hydroxylation sites is 1. The molecule has 3 aromatic heterocycles. The van der Waals surface area contributed by atoms with Gasteiger partial charge in [0.25, 0.3) is 5.56 Å². The lowest BCUT2D eigenvalue weighted by Crippen LogP contribution is -2.17. The van der Waals surface area contributed by atoms with Crippen LogP contribution >= 0.6 is 11.3 Å². The summed E-state index contributed by atoms with van der Waals surface area (Å²) in [5, 5.41) is 9.86. The van der Waals surface area contributed by atoms with Crippen LogP contribution in [0, 0.1) is 13.8 Å². The summed E-state index contributed by atoms with van der Waals surface area (Å²) in [5.41, 5.74) is 4.13. The molecule has 0 saturated heterocycles. The van der Waals surface area contributed by atoms with E-state index < -0.39 is 0 Å². The number of fused-ring (bicyclic) bond motifs is 1. The predicted octanol–water partition coefficient (Wildman–Crippen LogP) is 4.82. The van der Waals surface area contributed by atoms with E-state index in [0.29, 0.717) is 5.39 Å². The van der Waals surface area contributed by atoms with Gasteiger partial charge in [-0.2, -0.15) is 14.9 Å².